The fourth-order valence-corrected chi connectivity index (χ4v) is 1.09. The van der Waals surface area contributed by atoms with Gasteiger partial charge in [-0.1, -0.05) is 0 Å². The van der Waals surface area contributed by atoms with Crippen LogP contribution in [0, 0.1) is 5.39 Å². The van der Waals surface area contributed by atoms with E-state index in [2.05, 4.69) is 4.98 Å². The van der Waals surface area contributed by atoms with E-state index >= 15 is 0 Å². The molecule has 0 saturated carbocycles. The standard InChI is InChI=1S/C9H12N3O.2BrH.Zn/c1-12(2)9-5-4-7(13-3)6-8(9)11-10;;;/h4-6H,1-3H3;2*1H;/q+1;;;/p-2. The predicted molar refractivity (Wildman–Crippen MR) is 52.1 cm³/mol. The molecule has 0 unspecified atom stereocenters. The second-order valence-electron chi connectivity index (χ2n) is 2.85. The van der Waals surface area contributed by atoms with Crippen LogP contribution in [0.1, 0.15) is 0 Å². The zero-order chi connectivity index (χ0) is 9.84. The van der Waals surface area contributed by atoms with Crippen LogP contribution in [0.4, 0.5) is 11.4 Å². The Morgan fingerprint density at radius 3 is 2.19 bits per heavy atom. The van der Waals surface area contributed by atoms with Crippen LogP contribution < -0.4 is 43.6 Å². The van der Waals surface area contributed by atoms with E-state index in [1.165, 1.54) is 0 Å². The van der Waals surface area contributed by atoms with Gasteiger partial charge in [-0.05, 0) is 12.1 Å². The molecule has 1 aromatic rings. The Bertz CT molecular complexity index is 355. The van der Waals surface area contributed by atoms with Crippen LogP contribution in [0.3, 0.4) is 0 Å². The van der Waals surface area contributed by atoms with Crippen molar-refractivity contribution in [2.24, 2.45) is 0 Å². The van der Waals surface area contributed by atoms with Gasteiger partial charge in [0.15, 0.2) is 4.98 Å². The average Bonchev–Trinajstić information content (AvgIpc) is 2.16. The first kappa shape index (κ1) is 21.1. The molecule has 1 rings (SSSR count). The minimum atomic E-state index is 0. The van der Waals surface area contributed by atoms with E-state index in [4.69, 9.17) is 10.1 Å². The molecule has 0 aliphatic carbocycles. The Balaban J connectivity index is -0.000000563. The Morgan fingerprint density at radius 1 is 1.25 bits per heavy atom. The molecule has 0 fully saturated rings. The van der Waals surface area contributed by atoms with Gasteiger partial charge in [-0.25, -0.2) is 0 Å². The van der Waals surface area contributed by atoms with Crippen LogP contribution in [0.25, 0.3) is 4.98 Å². The fourth-order valence-electron chi connectivity index (χ4n) is 1.09. The summed E-state index contributed by atoms with van der Waals surface area (Å²) in [7, 11) is 5.35. The monoisotopic (exact) mass is 400 g/mol. The third-order valence-corrected chi connectivity index (χ3v) is 1.77. The second kappa shape index (κ2) is 10.0. The molecule has 0 radical (unpaired) electrons. The average molecular weight is 403 g/mol. The van der Waals surface area contributed by atoms with Gasteiger partial charge in [-0.2, -0.15) is 0 Å². The molecule has 0 spiro atoms. The number of halogens is 2. The topological polar surface area (TPSA) is 40.6 Å². The van der Waals surface area contributed by atoms with Crippen molar-refractivity contribution in [1.82, 2.24) is 0 Å². The summed E-state index contributed by atoms with van der Waals surface area (Å²) in [6.07, 6.45) is 0. The van der Waals surface area contributed by atoms with Gasteiger partial charge in [0.1, 0.15) is 11.4 Å². The summed E-state index contributed by atoms with van der Waals surface area (Å²) in [5.41, 5.74) is 1.35. The fraction of sp³-hybridized carbons (Fsp3) is 0.333. The van der Waals surface area contributed by atoms with Crippen molar-refractivity contribution < 1.29 is 58.2 Å². The number of nitrogens with zero attached hydrogens (tertiary/aromatic N) is 3. The molecule has 0 saturated heterocycles. The summed E-state index contributed by atoms with van der Waals surface area (Å²) in [5, 5.41) is 8.73. The summed E-state index contributed by atoms with van der Waals surface area (Å²) in [6, 6.07) is 5.34. The molecule has 0 aliphatic rings. The van der Waals surface area contributed by atoms with E-state index in [9.17, 15) is 0 Å². The maximum Gasteiger partial charge on any atom is 0.411 e. The zero-order valence-electron chi connectivity index (χ0n) is 9.44. The number of hydrogen-bond acceptors (Lipinski definition) is 3. The molecule has 16 heavy (non-hydrogen) atoms. The zero-order valence-corrected chi connectivity index (χ0v) is 15.6. The molecule has 0 heterocycles. The van der Waals surface area contributed by atoms with Gasteiger partial charge in [-0.3, -0.25) is 0 Å². The van der Waals surface area contributed by atoms with E-state index < -0.39 is 0 Å². The number of anilines is 1. The van der Waals surface area contributed by atoms with Crippen LogP contribution in [-0.4, -0.2) is 21.2 Å². The van der Waals surface area contributed by atoms with Gasteiger partial charge in [0.25, 0.3) is 0 Å². The van der Waals surface area contributed by atoms with Gasteiger partial charge in [0, 0.05) is 33.6 Å². The van der Waals surface area contributed by atoms with Crippen LogP contribution in [0.2, 0.25) is 0 Å². The Labute approximate surface area is 129 Å². The number of rotatable bonds is 2. The SMILES string of the molecule is COc1ccc(N(C)C)c([N+]#N)c1.[Br-].[Br-].[Zn]. The van der Waals surface area contributed by atoms with Crippen molar-refractivity contribution in [3.63, 3.8) is 0 Å². The first-order valence-electron chi connectivity index (χ1n) is 3.89. The minimum Gasteiger partial charge on any atom is -1.00 e. The molecule has 4 nitrogen and oxygen atoms in total. The molecule has 86 valence electrons. The molecule has 7 heteroatoms. The van der Waals surface area contributed by atoms with Crippen LogP contribution in [-0.2, 0) is 19.5 Å². The Morgan fingerprint density at radius 2 is 1.81 bits per heavy atom. The van der Waals surface area contributed by atoms with E-state index in [1.807, 2.05) is 31.1 Å². The van der Waals surface area contributed by atoms with Crippen molar-refractivity contribution in [3.05, 3.63) is 23.2 Å². The number of ether oxygens (including phenoxy) is 1. The van der Waals surface area contributed by atoms with Crippen LogP contribution in [0.5, 0.6) is 5.75 Å². The van der Waals surface area contributed by atoms with E-state index in [0.29, 0.717) is 11.4 Å². The molecule has 0 amide bonds. The summed E-state index contributed by atoms with van der Waals surface area (Å²) in [5.74, 6) is 0.679. The smallest absolute Gasteiger partial charge is 0.411 e. The van der Waals surface area contributed by atoms with E-state index in [0.717, 1.165) is 5.69 Å². The molecular weight excluding hydrogens is 391 g/mol. The van der Waals surface area contributed by atoms with Gasteiger partial charge in [0.05, 0.1) is 13.2 Å². The Kier molecular flexibility index (Phi) is 13.2. The number of diazo groups is 1. The molecule has 0 aromatic heterocycles. The summed E-state index contributed by atoms with van der Waals surface area (Å²) < 4.78 is 5.00. The maximum atomic E-state index is 8.73. The summed E-state index contributed by atoms with van der Waals surface area (Å²) in [4.78, 5) is 5.05. The number of hydrogen-bond donors (Lipinski definition) is 0. The molecule has 1 aromatic carbocycles. The minimum absolute atomic E-state index is 0. The first-order valence-corrected chi connectivity index (χ1v) is 3.89. The Hall–Kier alpha value is -0.177. The molecule has 0 bridgehead atoms. The maximum absolute atomic E-state index is 8.73. The van der Waals surface area contributed by atoms with Crippen molar-refractivity contribution in [3.8, 4) is 5.75 Å². The molecule has 0 atom stereocenters. The van der Waals surface area contributed by atoms with E-state index in [1.54, 1.807) is 13.2 Å². The van der Waals surface area contributed by atoms with Gasteiger partial charge >= 0.3 is 5.69 Å². The molecule has 0 N–H and O–H groups in total. The van der Waals surface area contributed by atoms with Crippen molar-refractivity contribution in [1.29, 1.82) is 5.39 Å². The second-order valence-corrected chi connectivity index (χ2v) is 2.85. The quantitative estimate of drug-likeness (QED) is 0.377. The normalized spacial score (nSPS) is 7.38. The third-order valence-electron chi connectivity index (χ3n) is 1.77. The predicted octanol–water partition coefficient (Wildman–Crippen LogP) is -3.75. The van der Waals surface area contributed by atoms with Gasteiger partial charge in [0.2, 0.25) is 5.39 Å². The summed E-state index contributed by atoms with van der Waals surface area (Å²) in [6.45, 7) is 0. The van der Waals surface area contributed by atoms with Crippen molar-refractivity contribution in [2.75, 3.05) is 26.1 Å². The van der Waals surface area contributed by atoms with Crippen molar-refractivity contribution in [2.45, 2.75) is 0 Å². The third kappa shape index (κ3) is 5.24. The van der Waals surface area contributed by atoms with Crippen LogP contribution >= 0.6 is 0 Å². The van der Waals surface area contributed by atoms with Crippen molar-refractivity contribution >= 4 is 11.4 Å². The molecular formula is C9H12Br2N3OZn-. The van der Waals surface area contributed by atoms with Gasteiger partial charge in [-0.15, -0.1) is 0 Å². The largest absolute Gasteiger partial charge is 1.00 e. The van der Waals surface area contributed by atoms with Crippen LogP contribution in [0.15, 0.2) is 18.2 Å². The summed E-state index contributed by atoms with van der Waals surface area (Å²) >= 11 is 0. The number of benzene rings is 1. The van der Waals surface area contributed by atoms with Gasteiger partial charge < -0.3 is 43.6 Å². The van der Waals surface area contributed by atoms with E-state index in [-0.39, 0.29) is 53.4 Å². The number of methoxy groups -OCH3 is 1. The molecule has 0 aliphatic heterocycles. The first-order chi connectivity index (χ1) is 6.19.